The third-order valence-corrected chi connectivity index (χ3v) is 5.26. The summed E-state index contributed by atoms with van der Waals surface area (Å²) in [6.07, 6.45) is 5.94. The molecule has 0 aliphatic carbocycles. The summed E-state index contributed by atoms with van der Waals surface area (Å²) < 4.78 is 0. The number of carbonyl (C=O) groups excluding carboxylic acids is 2. The number of anilines is 1. The van der Waals surface area contributed by atoms with Gasteiger partial charge in [-0.15, -0.1) is 0 Å². The van der Waals surface area contributed by atoms with E-state index in [1.165, 1.54) is 17.3 Å². The number of aromatic nitrogens is 1. The first-order chi connectivity index (χ1) is 16.2. The number of urea groups is 1. The standard InChI is InChI=1S/C26H29N5O3/c1-26(2,34)12-11-18-7-8-20-9-10-22(24(32)31(3)23(20)15-18)30-25(33)29-17-19(16-27)14-21-6-4-5-13-28-21/h4-8,13,15-17,22,34H,9-10,14,27H2,1-3H3,(H,30,33)/t22-/m1/s1. The normalized spacial score (nSPS) is 16.5. The molecule has 0 radical (unpaired) electrons. The summed E-state index contributed by atoms with van der Waals surface area (Å²) in [7, 11) is 1.67. The lowest BCUT2D eigenvalue weighted by Gasteiger charge is -2.21. The maximum atomic E-state index is 13.1. The van der Waals surface area contributed by atoms with Gasteiger partial charge in [-0.2, -0.15) is 0 Å². The molecule has 176 valence electrons. The Labute approximate surface area is 199 Å². The Kier molecular flexibility index (Phi) is 7.82. The van der Waals surface area contributed by atoms with E-state index in [0.29, 0.717) is 30.4 Å². The smallest absolute Gasteiger partial charge is 0.341 e. The fraction of sp³-hybridized carbons (Fsp3) is 0.308. The predicted octanol–water partition coefficient (Wildman–Crippen LogP) is 2.35. The SMILES string of the molecule is CN1C(=O)[C@H](NC(=O)N=CC(=CN)Cc2ccccn2)CCc2ccc(C#CC(C)(C)O)cc21. The zero-order valence-corrected chi connectivity index (χ0v) is 19.6. The third kappa shape index (κ3) is 6.77. The van der Waals surface area contributed by atoms with Crippen molar-refractivity contribution in [2.45, 2.75) is 44.8 Å². The molecule has 1 atom stereocenters. The molecular weight excluding hydrogens is 430 g/mol. The van der Waals surface area contributed by atoms with Crippen molar-refractivity contribution in [1.82, 2.24) is 10.3 Å². The Balaban J connectivity index is 1.68. The molecule has 1 aromatic heterocycles. The van der Waals surface area contributed by atoms with Crippen molar-refractivity contribution in [1.29, 1.82) is 0 Å². The second-order valence-corrected chi connectivity index (χ2v) is 8.59. The number of aliphatic hydroxyl groups is 1. The van der Waals surface area contributed by atoms with Gasteiger partial charge in [0.15, 0.2) is 0 Å². The Morgan fingerprint density at radius 3 is 2.85 bits per heavy atom. The van der Waals surface area contributed by atoms with E-state index in [4.69, 9.17) is 5.73 Å². The van der Waals surface area contributed by atoms with Crippen LogP contribution in [0.25, 0.3) is 0 Å². The van der Waals surface area contributed by atoms with Crippen LogP contribution in [0.3, 0.4) is 0 Å². The summed E-state index contributed by atoms with van der Waals surface area (Å²) >= 11 is 0. The quantitative estimate of drug-likeness (QED) is 0.479. The highest BCUT2D eigenvalue weighted by Gasteiger charge is 2.29. The number of pyridine rings is 1. The van der Waals surface area contributed by atoms with Crippen molar-refractivity contribution in [2.24, 2.45) is 10.7 Å². The van der Waals surface area contributed by atoms with E-state index in [0.717, 1.165) is 16.9 Å². The van der Waals surface area contributed by atoms with Crippen molar-refractivity contribution in [3.05, 3.63) is 71.2 Å². The van der Waals surface area contributed by atoms with Gasteiger partial charge in [0.05, 0.1) is 0 Å². The monoisotopic (exact) mass is 459 g/mol. The van der Waals surface area contributed by atoms with Gasteiger partial charge in [-0.25, -0.2) is 9.79 Å². The van der Waals surface area contributed by atoms with Crippen LogP contribution in [0.1, 0.15) is 37.1 Å². The Hall–Kier alpha value is -3.96. The van der Waals surface area contributed by atoms with Crippen molar-refractivity contribution >= 4 is 23.8 Å². The zero-order chi connectivity index (χ0) is 24.7. The first-order valence-corrected chi connectivity index (χ1v) is 11.0. The molecule has 0 bridgehead atoms. The molecular formula is C26H29N5O3. The van der Waals surface area contributed by atoms with Gasteiger partial charge >= 0.3 is 6.03 Å². The average Bonchev–Trinajstić information content (AvgIpc) is 2.92. The van der Waals surface area contributed by atoms with Gasteiger partial charge < -0.3 is 21.1 Å². The third-order valence-electron chi connectivity index (χ3n) is 5.26. The van der Waals surface area contributed by atoms with Gasteiger partial charge in [-0.05, 0) is 68.3 Å². The minimum Gasteiger partial charge on any atom is -0.404 e. The van der Waals surface area contributed by atoms with Crippen LogP contribution >= 0.6 is 0 Å². The van der Waals surface area contributed by atoms with Crippen molar-refractivity contribution in [3.63, 3.8) is 0 Å². The highest BCUT2D eigenvalue weighted by atomic mass is 16.3. The number of amides is 3. The molecule has 0 saturated heterocycles. The van der Waals surface area contributed by atoms with E-state index in [1.807, 2.05) is 36.4 Å². The molecule has 3 rings (SSSR count). The van der Waals surface area contributed by atoms with Crippen LogP contribution in [0.5, 0.6) is 0 Å². The average molecular weight is 460 g/mol. The number of benzene rings is 1. The largest absolute Gasteiger partial charge is 0.404 e. The van der Waals surface area contributed by atoms with Crippen LogP contribution in [0, 0.1) is 11.8 Å². The number of aliphatic imine (C=N–C) groups is 1. The van der Waals surface area contributed by atoms with Crippen LogP contribution in [0.15, 0.2) is 59.4 Å². The van der Waals surface area contributed by atoms with Crippen molar-refractivity contribution in [2.75, 3.05) is 11.9 Å². The lowest BCUT2D eigenvalue weighted by atomic mass is 10.0. The molecule has 34 heavy (non-hydrogen) atoms. The highest BCUT2D eigenvalue weighted by molar-refractivity contribution is 6.01. The fourth-order valence-corrected chi connectivity index (χ4v) is 3.49. The zero-order valence-electron chi connectivity index (χ0n) is 19.6. The lowest BCUT2D eigenvalue weighted by molar-refractivity contribution is -0.120. The summed E-state index contributed by atoms with van der Waals surface area (Å²) in [6, 6.07) is 9.83. The van der Waals surface area contributed by atoms with Crippen LogP contribution in [-0.2, 0) is 17.6 Å². The number of nitrogens with zero attached hydrogens (tertiary/aromatic N) is 3. The molecule has 0 saturated carbocycles. The molecule has 1 aromatic carbocycles. The number of nitrogens with two attached hydrogens (primary N) is 1. The molecule has 4 N–H and O–H groups in total. The number of hydrogen-bond acceptors (Lipinski definition) is 5. The van der Waals surface area contributed by atoms with E-state index < -0.39 is 17.7 Å². The number of carbonyl (C=O) groups is 2. The Morgan fingerprint density at radius 2 is 2.18 bits per heavy atom. The van der Waals surface area contributed by atoms with Crippen molar-refractivity contribution in [3.8, 4) is 11.8 Å². The first-order valence-electron chi connectivity index (χ1n) is 11.0. The predicted molar refractivity (Wildman–Crippen MR) is 132 cm³/mol. The first kappa shape index (κ1) is 24.7. The molecule has 0 spiro atoms. The van der Waals surface area contributed by atoms with E-state index >= 15 is 0 Å². The number of nitrogens with one attached hydrogen (secondary N) is 1. The van der Waals surface area contributed by atoms with Gasteiger partial charge in [-0.3, -0.25) is 9.78 Å². The topological polar surface area (TPSA) is 121 Å². The maximum Gasteiger partial charge on any atom is 0.341 e. The second-order valence-electron chi connectivity index (χ2n) is 8.59. The number of allylic oxidation sites excluding steroid dienone is 1. The van der Waals surface area contributed by atoms with Gasteiger partial charge in [-0.1, -0.05) is 24.0 Å². The minimum absolute atomic E-state index is 0.238. The van der Waals surface area contributed by atoms with Gasteiger partial charge in [0.1, 0.15) is 11.6 Å². The summed E-state index contributed by atoms with van der Waals surface area (Å²) in [6.45, 7) is 3.22. The molecule has 8 heteroatoms. The molecule has 1 aliphatic rings. The summed E-state index contributed by atoms with van der Waals surface area (Å²) in [4.78, 5) is 35.2. The molecule has 2 heterocycles. The maximum absolute atomic E-state index is 13.1. The number of likely N-dealkylation sites (N-methyl/N-ethyl adjacent to an activating group) is 1. The van der Waals surface area contributed by atoms with E-state index in [2.05, 4.69) is 27.1 Å². The summed E-state index contributed by atoms with van der Waals surface area (Å²) in [5.41, 5.74) is 8.39. The van der Waals surface area contributed by atoms with Crippen LogP contribution in [0.4, 0.5) is 10.5 Å². The highest BCUT2D eigenvalue weighted by Crippen LogP contribution is 2.27. The number of aryl methyl sites for hydroxylation is 1. The molecule has 3 amide bonds. The molecule has 2 aromatic rings. The molecule has 1 aliphatic heterocycles. The Morgan fingerprint density at radius 1 is 1.38 bits per heavy atom. The Bertz CT molecular complexity index is 1170. The second kappa shape index (κ2) is 10.8. The molecule has 0 fully saturated rings. The van der Waals surface area contributed by atoms with Gasteiger partial charge in [0, 0.05) is 42.8 Å². The van der Waals surface area contributed by atoms with E-state index in [1.54, 1.807) is 27.1 Å². The van der Waals surface area contributed by atoms with Crippen LogP contribution in [-0.4, -0.2) is 46.9 Å². The lowest BCUT2D eigenvalue weighted by Crippen LogP contribution is -2.46. The van der Waals surface area contributed by atoms with Crippen LogP contribution in [0.2, 0.25) is 0 Å². The van der Waals surface area contributed by atoms with Gasteiger partial charge in [0.2, 0.25) is 5.91 Å². The number of fused-ring (bicyclic) bond motifs is 1. The van der Waals surface area contributed by atoms with E-state index in [9.17, 15) is 14.7 Å². The molecule has 8 nitrogen and oxygen atoms in total. The number of hydrogen-bond donors (Lipinski definition) is 3. The number of rotatable bonds is 4. The minimum atomic E-state index is -1.11. The van der Waals surface area contributed by atoms with Gasteiger partial charge in [0.25, 0.3) is 0 Å². The van der Waals surface area contributed by atoms with Crippen LogP contribution < -0.4 is 16.0 Å². The van der Waals surface area contributed by atoms with Crippen molar-refractivity contribution < 1.29 is 14.7 Å². The summed E-state index contributed by atoms with van der Waals surface area (Å²) in [5.74, 6) is 5.48. The molecule has 0 unspecified atom stereocenters. The van der Waals surface area contributed by atoms with E-state index in [-0.39, 0.29) is 5.91 Å². The summed E-state index contributed by atoms with van der Waals surface area (Å²) in [5, 5.41) is 12.5. The fourth-order valence-electron chi connectivity index (χ4n) is 3.49.